The van der Waals surface area contributed by atoms with E-state index in [1.54, 1.807) is 12.1 Å². The summed E-state index contributed by atoms with van der Waals surface area (Å²) in [6.45, 7) is 2.34. The van der Waals surface area contributed by atoms with Gasteiger partial charge in [-0.25, -0.2) is 0 Å². The maximum Gasteiger partial charge on any atom is 0.305 e. The molecule has 6 heteroatoms. The number of hydrogen-bond donors (Lipinski definition) is 3. The molecule has 0 aromatic heterocycles. The van der Waals surface area contributed by atoms with Crippen LogP contribution in [0.5, 0.6) is 0 Å². The van der Waals surface area contributed by atoms with E-state index in [1.807, 2.05) is 49.4 Å². The number of amides is 2. The fourth-order valence-corrected chi connectivity index (χ4v) is 3.79. The average Bonchev–Trinajstić information content (AvgIpc) is 2.71. The highest BCUT2D eigenvalue weighted by atomic mass is 16.4. The summed E-state index contributed by atoms with van der Waals surface area (Å²) in [7, 11) is 0. The van der Waals surface area contributed by atoms with Gasteiger partial charge in [0.05, 0.1) is 6.42 Å². The van der Waals surface area contributed by atoms with Crippen LogP contribution in [0.1, 0.15) is 60.0 Å². The van der Waals surface area contributed by atoms with Crippen molar-refractivity contribution in [3.63, 3.8) is 0 Å². The van der Waals surface area contributed by atoms with Gasteiger partial charge in [-0.3, -0.25) is 14.4 Å². The molecule has 0 heterocycles. The molecule has 1 unspecified atom stereocenters. The fraction of sp³-hybridized carbons (Fsp3) is 0.375. The first-order valence-electron chi connectivity index (χ1n) is 10.4. The molecule has 0 bridgehead atoms. The van der Waals surface area contributed by atoms with E-state index in [2.05, 4.69) is 10.6 Å². The molecule has 158 valence electrons. The van der Waals surface area contributed by atoms with E-state index in [-0.39, 0.29) is 36.1 Å². The summed E-state index contributed by atoms with van der Waals surface area (Å²) < 4.78 is 0. The monoisotopic (exact) mass is 408 g/mol. The van der Waals surface area contributed by atoms with E-state index >= 15 is 0 Å². The van der Waals surface area contributed by atoms with Gasteiger partial charge < -0.3 is 15.7 Å². The van der Waals surface area contributed by atoms with Crippen LogP contribution < -0.4 is 10.6 Å². The third-order valence-electron chi connectivity index (χ3n) is 5.77. The van der Waals surface area contributed by atoms with E-state index in [4.69, 9.17) is 5.11 Å². The number of carboxylic acid groups (broad SMARTS) is 1. The van der Waals surface area contributed by atoms with Gasteiger partial charge in [0, 0.05) is 24.1 Å². The van der Waals surface area contributed by atoms with Gasteiger partial charge in [-0.05, 0) is 48.4 Å². The molecule has 3 N–H and O–H groups in total. The van der Waals surface area contributed by atoms with Crippen molar-refractivity contribution in [2.45, 2.75) is 51.1 Å². The molecule has 30 heavy (non-hydrogen) atoms. The Balaban J connectivity index is 1.55. The lowest BCUT2D eigenvalue weighted by atomic mass is 9.69. The lowest BCUT2D eigenvalue weighted by molar-refractivity contribution is -0.138. The molecule has 1 aliphatic carbocycles. The van der Waals surface area contributed by atoms with Crippen LogP contribution in [0.4, 0.5) is 0 Å². The summed E-state index contributed by atoms with van der Waals surface area (Å²) in [5, 5.41) is 14.7. The van der Waals surface area contributed by atoms with E-state index in [0.717, 1.165) is 24.0 Å². The second-order valence-corrected chi connectivity index (χ2v) is 7.79. The number of nitrogens with one attached hydrogen (secondary N) is 2. The van der Waals surface area contributed by atoms with Gasteiger partial charge in [0.25, 0.3) is 5.91 Å². The Morgan fingerprint density at radius 1 is 1.03 bits per heavy atom. The normalized spacial score (nSPS) is 18.7. The average molecular weight is 408 g/mol. The molecule has 3 rings (SSSR count). The third-order valence-corrected chi connectivity index (χ3v) is 5.77. The van der Waals surface area contributed by atoms with Crippen LogP contribution in [0.15, 0.2) is 54.6 Å². The summed E-state index contributed by atoms with van der Waals surface area (Å²) in [5.41, 5.74) is 2.66. The molecule has 3 atom stereocenters. The van der Waals surface area contributed by atoms with Crippen molar-refractivity contribution >= 4 is 17.8 Å². The number of benzene rings is 2. The Bertz CT molecular complexity index is 880. The molecule has 2 aromatic rings. The minimum atomic E-state index is -0.909. The van der Waals surface area contributed by atoms with Gasteiger partial charge in [-0.1, -0.05) is 49.4 Å². The first-order valence-corrected chi connectivity index (χ1v) is 10.4. The molecule has 0 aliphatic heterocycles. The zero-order chi connectivity index (χ0) is 21.5. The molecular formula is C24H28N2O4. The predicted octanol–water partition coefficient (Wildman–Crippen LogP) is 3.48. The summed E-state index contributed by atoms with van der Waals surface area (Å²) in [6, 6.07) is 16.8. The molecule has 2 aromatic carbocycles. The SMILES string of the molecule is CC[C@@H](CC(=O)O)NC(=O)C1CC[C@H]1c1ccc(C(=O)NCc2ccccc2)cc1. The molecule has 1 fully saturated rings. The van der Waals surface area contributed by atoms with Crippen molar-refractivity contribution in [1.82, 2.24) is 10.6 Å². The van der Waals surface area contributed by atoms with Crippen LogP contribution >= 0.6 is 0 Å². The number of rotatable bonds is 9. The molecule has 6 nitrogen and oxygen atoms in total. The zero-order valence-corrected chi connectivity index (χ0v) is 17.1. The van der Waals surface area contributed by atoms with Crippen LogP contribution in [0, 0.1) is 5.92 Å². The lowest BCUT2D eigenvalue weighted by Crippen LogP contribution is -2.44. The molecule has 0 spiro atoms. The van der Waals surface area contributed by atoms with Gasteiger partial charge >= 0.3 is 5.97 Å². The number of aliphatic carboxylic acids is 1. The third kappa shape index (κ3) is 5.47. The smallest absolute Gasteiger partial charge is 0.305 e. The van der Waals surface area contributed by atoms with E-state index in [1.165, 1.54) is 0 Å². The quantitative estimate of drug-likeness (QED) is 0.592. The summed E-state index contributed by atoms with van der Waals surface area (Å²) in [5.74, 6) is -1.16. The number of hydrogen-bond acceptors (Lipinski definition) is 3. The fourth-order valence-electron chi connectivity index (χ4n) is 3.79. The van der Waals surface area contributed by atoms with Crippen molar-refractivity contribution in [3.8, 4) is 0 Å². The molecule has 2 amide bonds. The van der Waals surface area contributed by atoms with E-state index in [9.17, 15) is 14.4 Å². The Morgan fingerprint density at radius 3 is 2.30 bits per heavy atom. The van der Waals surface area contributed by atoms with Crippen molar-refractivity contribution in [2.75, 3.05) is 0 Å². The lowest BCUT2D eigenvalue weighted by Gasteiger charge is -2.36. The van der Waals surface area contributed by atoms with E-state index in [0.29, 0.717) is 18.5 Å². The zero-order valence-electron chi connectivity index (χ0n) is 17.1. The van der Waals surface area contributed by atoms with Gasteiger partial charge in [0.15, 0.2) is 0 Å². The summed E-state index contributed by atoms with van der Waals surface area (Å²) in [6.07, 6.45) is 2.22. The van der Waals surface area contributed by atoms with Crippen molar-refractivity contribution in [2.24, 2.45) is 5.92 Å². The van der Waals surface area contributed by atoms with Crippen LogP contribution in [0.2, 0.25) is 0 Å². The molecule has 1 aliphatic rings. The van der Waals surface area contributed by atoms with Gasteiger partial charge in [-0.15, -0.1) is 0 Å². The largest absolute Gasteiger partial charge is 0.481 e. The number of carboxylic acids is 1. The van der Waals surface area contributed by atoms with Crippen LogP contribution in [-0.4, -0.2) is 28.9 Å². The predicted molar refractivity (Wildman–Crippen MR) is 114 cm³/mol. The number of carbonyl (C=O) groups excluding carboxylic acids is 2. The van der Waals surface area contributed by atoms with Gasteiger partial charge in [-0.2, -0.15) is 0 Å². The maximum absolute atomic E-state index is 12.6. The van der Waals surface area contributed by atoms with Crippen molar-refractivity contribution < 1.29 is 19.5 Å². The van der Waals surface area contributed by atoms with Crippen LogP contribution in [-0.2, 0) is 16.1 Å². The first-order chi connectivity index (χ1) is 14.5. The van der Waals surface area contributed by atoms with Crippen molar-refractivity contribution in [3.05, 3.63) is 71.3 Å². The van der Waals surface area contributed by atoms with Crippen molar-refractivity contribution in [1.29, 1.82) is 0 Å². The topological polar surface area (TPSA) is 95.5 Å². The van der Waals surface area contributed by atoms with E-state index < -0.39 is 5.97 Å². The molecule has 0 radical (unpaired) electrons. The van der Waals surface area contributed by atoms with Gasteiger partial charge in [0.1, 0.15) is 0 Å². The Morgan fingerprint density at radius 2 is 1.73 bits per heavy atom. The Hall–Kier alpha value is -3.15. The second kappa shape index (κ2) is 10.1. The highest BCUT2D eigenvalue weighted by molar-refractivity contribution is 5.94. The molecular weight excluding hydrogens is 380 g/mol. The highest BCUT2D eigenvalue weighted by Crippen LogP contribution is 2.42. The Labute approximate surface area is 176 Å². The summed E-state index contributed by atoms with van der Waals surface area (Å²) in [4.78, 5) is 35.9. The Kier molecular flexibility index (Phi) is 7.22. The van der Waals surface area contributed by atoms with Crippen LogP contribution in [0.25, 0.3) is 0 Å². The van der Waals surface area contributed by atoms with Gasteiger partial charge in [0.2, 0.25) is 5.91 Å². The second-order valence-electron chi connectivity index (χ2n) is 7.79. The summed E-state index contributed by atoms with van der Waals surface area (Å²) >= 11 is 0. The molecule has 0 saturated heterocycles. The maximum atomic E-state index is 12.6. The first kappa shape index (κ1) is 21.6. The minimum absolute atomic E-state index is 0.0631. The standard InChI is InChI=1S/C24H28N2O4/c1-2-19(14-22(27)28)26-24(30)21-13-12-20(21)17-8-10-18(11-9-17)23(29)25-15-16-6-4-3-5-7-16/h3-11,19-21H,2,12-15H2,1H3,(H,25,29)(H,26,30)(H,27,28)/t19-,20-,21?/m0/s1. The number of carbonyl (C=O) groups is 3. The molecule has 1 saturated carbocycles. The van der Waals surface area contributed by atoms with Crippen LogP contribution in [0.3, 0.4) is 0 Å². The minimum Gasteiger partial charge on any atom is -0.481 e. The highest BCUT2D eigenvalue weighted by Gasteiger charge is 2.38.